The fraction of sp³-hybridized carbons (Fsp3) is 0.714. The predicted octanol–water partition coefficient (Wildman–Crippen LogP) is 7.64. The van der Waals surface area contributed by atoms with Gasteiger partial charge >= 0.3 is 0 Å². The van der Waals surface area contributed by atoms with Crippen molar-refractivity contribution in [3.63, 3.8) is 0 Å². The van der Waals surface area contributed by atoms with Gasteiger partial charge in [-0.25, -0.2) is 0 Å². The van der Waals surface area contributed by atoms with Gasteiger partial charge in [-0.3, -0.25) is 0 Å². The first-order chi connectivity index (χ1) is 13.7. The summed E-state index contributed by atoms with van der Waals surface area (Å²) in [5.41, 5.74) is 4.61. The molecule has 0 unspecified atom stereocenters. The Morgan fingerprint density at radius 2 is 1.79 bits per heavy atom. The van der Waals surface area contributed by atoms with Crippen LogP contribution < -0.4 is 0 Å². The van der Waals surface area contributed by atoms with Crippen LogP contribution in [0, 0.1) is 35.0 Å². The van der Waals surface area contributed by atoms with Crippen molar-refractivity contribution < 1.29 is 5.11 Å². The van der Waals surface area contributed by atoms with E-state index in [0.717, 1.165) is 37.0 Å². The van der Waals surface area contributed by atoms with Crippen LogP contribution >= 0.6 is 0 Å². The number of allylic oxidation sites excluding steroid dienone is 6. The molecule has 0 saturated heterocycles. The lowest BCUT2D eigenvalue weighted by atomic mass is 9.61. The van der Waals surface area contributed by atoms with Gasteiger partial charge in [-0.1, -0.05) is 76.6 Å². The Kier molecular flexibility index (Phi) is 7.31. The van der Waals surface area contributed by atoms with Gasteiger partial charge in [0, 0.05) is 0 Å². The lowest BCUT2D eigenvalue weighted by molar-refractivity contribution is 0.112. The van der Waals surface area contributed by atoms with E-state index in [1.165, 1.54) is 43.3 Å². The molecule has 1 N–H and O–H groups in total. The molecule has 3 aliphatic carbocycles. The number of aliphatic hydroxyl groups excluding tert-OH is 1. The van der Waals surface area contributed by atoms with E-state index in [0.29, 0.717) is 17.3 Å². The highest BCUT2D eigenvalue weighted by molar-refractivity contribution is 5.36. The number of hydrogen-bond donors (Lipinski definition) is 1. The number of hydrogen-bond acceptors (Lipinski definition) is 1. The standard InChI is InChI=1S/C28H44O/c1-19(2)20(3)9-10-22(5)26-15-16-27-23(8-7-17-28(26,27)6)12-13-24-18-25(29)14-11-21(24)4/h9-10,12-13,19-20,22,25-27,29H,4,7-8,11,14-18H2,1-3,5-6H3/b10-9+,23-12+,24-13-/t20-,22+,25+,26+,27+,28+/m0/s1. The van der Waals surface area contributed by atoms with Crippen molar-refractivity contribution in [2.45, 2.75) is 92.1 Å². The topological polar surface area (TPSA) is 20.2 Å². The highest BCUT2D eigenvalue weighted by Crippen LogP contribution is 2.59. The molecule has 3 rings (SSSR count). The molecule has 0 spiro atoms. The number of aliphatic hydroxyl groups is 1. The van der Waals surface area contributed by atoms with Crippen LogP contribution in [0.2, 0.25) is 0 Å². The van der Waals surface area contributed by atoms with Crippen molar-refractivity contribution in [2.24, 2.45) is 35.0 Å². The molecule has 3 aliphatic rings. The van der Waals surface area contributed by atoms with Gasteiger partial charge in [0.2, 0.25) is 0 Å². The molecule has 0 aromatic heterocycles. The van der Waals surface area contributed by atoms with Crippen LogP contribution in [0.3, 0.4) is 0 Å². The van der Waals surface area contributed by atoms with E-state index in [1.807, 2.05) is 0 Å². The quantitative estimate of drug-likeness (QED) is 0.473. The second kappa shape index (κ2) is 9.38. The van der Waals surface area contributed by atoms with E-state index in [2.05, 4.69) is 65.5 Å². The molecule has 1 heteroatoms. The normalized spacial score (nSPS) is 38.2. The Hall–Kier alpha value is -1.08. The molecular weight excluding hydrogens is 352 g/mol. The van der Waals surface area contributed by atoms with Gasteiger partial charge in [-0.2, -0.15) is 0 Å². The predicted molar refractivity (Wildman–Crippen MR) is 126 cm³/mol. The van der Waals surface area contributed by atoms with E-state index in [1.54, 1.807) is 5.57 Å². The van der Waals surface area contributed by atoms with Gasteiger partial charge in [-0.05, 0) is 91.9 Å². The average Bonchev–Trinajstić information content (AvgIpc) is 3.04. The third-order valence-corrected chi connectivity index (χ3v) is 8.63. The summed E-state index contributed by atoms with van der Waals surface area (Å²) < 4.78 is 0. The van der Waals surface area contributed by atoms with Crippen molar-refractivity contribution in [3.05, 3.63) is 47.6 Å². The van der Waals surface area contributed by atoms with E-state index in [4.69, 9.17) is 0 Å². The molecule has 3 fully saturated rings. The second-order valence-electron chi connectivity index (χ2n) is 10.9. The third-order valence-electron chi connectivity index (χ3n) is 8.63. The lowest BCUT2D eigenvalue weighted by Crippen LogP contribution is -2.35. The van der Waals surface area contributed by atoms with Gasteiger partial charge in [0.25, 0.3) is 0 Å². The molecule has 3 saturated carbocycles. The summed E-state index contributed by atoms with van der Waals surface area (Å²) in [6.45, 7) is 16.3. The van der Waals surface area contributed by atoms with Crippen LogP contribution in [0.15, 0.2) is 47.6 Å². The summed E-state index contributed by atoms with van der Waals surface area (Å²) in [5.74, 6) is 3.58. The van der Waals surface area contributed by atoms with Crippen molar-refractivity contribution in [1.29, 1.82) is 0 Å². The zero-order chi connectivity index (χ0) is 21.2. The fourth-order valence-electron chi connectivity index (χ4n) is 6.25. The maximum Gasteiger partial charge on any atom is 0.0583 e. The zero-order valence-corrected chi connectivity index (χ0v) is 19.6. The molecule has 0 bridgehead atoms. The summed E-state index contributed by atoms with van der Waals surface area (Å²) in [6.07, 6.45) is 18.8. The highest BCUT2D eigenvalue weighted by atomic mass is 16.3. The summed E-state index contributed by atoms with van der Waals surface area (Å²) in [4.78, 5) is 0. The maximum atomic E-state index is 10.0. The first kappa shape index (κ1) is 22.6. The van der Waals surface area contributed by atoms with Gasteiger partial charge < -0.3 is 5.11 Å². The van der Waals surface area contributed by atoms with Crippen molar-refractivity contribution in [1.82, 2.24) is 0 Å². The molecule has 6 atom stereocenters. The van der Waals surface area contributed by atoms with Crippen LogP contribution in [0.25, 0.3) is 0 Å². The van der Waals surface area contributed by atoms with Crippen molar-refractivity contribution >= 4 is 0 Å². The molecule has 0 aromatic rings. The van der Waals surface area contributed by atoms with Crippen LogP contribution in [0.4, 0.5) is 0 Å². The largest absolute Gasteiger partial charge is 0.393 e. The molecule has 0 aliphatic heterocycles. The van der Waals surface area contributed by atoms with Crippen LogP contribution in [-0.2, 0) is 0 Å². The molecule has 0 heterocycles. The first-order valence-corrected chi connectivity index (χ1v) is 12.2. The zero-order valence-electron chi connectivity index (χ0n) is 19.6. The Morgan fingerprint density at radius 3 is 2.52 bits per heavy atom. The molecule has 0 aromatic carbocycles. The Balaban J connectivity index is 1.75. The maximum absolute atomic E-state index is 10.0. The molecule has 1 nitrogen and oxygen atoms in total. The highest BCUT2D eigenvalue weighted by Gasteiger charge is 2.50. The Labute approximate surface area is 180 Å². The minimum absolute atomic E-state index is 0.182. The summed E-state index contributed by atoms with van der Waals surface area (Å²) in [6, 6.07) is 0. The second-order valence-corrected chi connectivity index (χ2v) is 10.9. The van der Waals surface area contributed by atoms with Crippen LogP contribution in [-0.4, -0.2) is 11.2 Å². The van der Waals surface area contributed by atoms with Crippen molar-refractivity contribution in [3.8, 4) is 0 Å². The molecule has 0 radical (unpaired) electrons. The Bertz CT molecular complexity index is 678. The SMILES string of the molecule is C=C1CC[C@@H](O)C/C1=C/C=C1\CCC[C@@]2(C)[C@@H]1CC[C@@H]2[C@H](C)/C=C/[C@H](C)C(C)C. The summed E-state index contributed by atoms with van der Waals surface area (Å²) in [5, 5.41) is 10.0. The Morgan fingerprint density at radius 1 is 1.03 bits per heavy atom. The van der Waals surface area contributed by atoms with Crippen molar-refractivity contribution in [2.75, 3.05) is 0 Å². The first-order valence-electron chi connectivity index (χ1n) is 12.2. The summed E-state index contributed by atoms with van der Waals surface area (Å²) >= 11 is 0. The fourth-order valence-corrected chi connectivity index (χ4v) is 6.25. The van der Waals surface area contributed by atoms with E-state index >= 15 is 0 Å². The van der Waals surface area contributed by atoms with E-state index in [-0.39, 0.29) is 6.10 Å². The van der Waals surface area contributed by atoms with E-state index in [9.17, 15) is 5.11 Å². The number of rotatable bonds is 5. The monoisotopic (exact) mass is 396 g/mol. The van der Waals surface area contributed by atoms with Crippen LogP contribution in [0.5, 0.6) is 0 Å². The smallest absolute Gasteiger partial charge is 0.0583 e. The van der Waals surface area contributed by atoms with Gasteiger partial charge in [0.1, 0.15) is 0 Å². The minimum Gasteiger partial charge on any atom is -0.393 e. The van der Waals surface area contributed by atoms with Gasteiger partial charge in [-0.15, -0.1) is 0 Å². The third kappa shape index (κ3) is 4.98. The summed E-state index contributed by atoms with van der Waals surface area (Å²) in [7, 11) is 0. The average molecular weight is 397 g/mol. The molecule has 162 valence electrons. The lowest BCUT2D eigenvalue weighted by Gasteiger charge is -2.44. The van der Waals surface area contributed by atoms with E-state index < -0.39 is 0 Å². The van der Waals surface area contributed by atoms with Gasteiger partial charge in [0.05, 0.1) is 6.10 Å². The van der Waals surface area contributed by atoms with Gasteiger partial charge in [0.15, 0.2) is 0 Å². The molecule has 0 amide bonds. The van der Waals surface area contributed by atoms with Crippen LogP contribution in [0.1, 0.15) is 86.0 Å². The molecular formula is C28H44O. The minimum atomic E-state index is -0.182. The number of fused-ring (bicyclic) bond motifs is 1. The molecule has 29 heavy (non-hydrogen) atoms.